The zero-order chi connectivity index (χ0) is 24.3. The van der Waals surface area contributed by atoms with Gasteiger partial charge in [0, 0.05) is 19.2 Å². The van der Waals surface area contributed by atoms with Gasteiger partial charge in [-0.3, -0.25) is 10.1 Å². The minimum atomic E-state index is -0.443. The van der Waals surface area contributed by atoms with Crippen molar-refractivity contribution >= 4 is 5.69 Å². The Morgan fingerprint density at radius 1 is 0.794 bits per heavy atom. The number of benzene rings is 3. The largest absolute Gasteiger partial charge is 0.493 e. The van der Waals surface area contributed by atoms with E-state index in [2.05, 4.69) is 4.90 Å². The molecule has 0 atom stereocenters. The average molecular weight is 467 g/mol. The number of ether oxygens (including phenoxy) is 4. The molecule has 180 valence electrons. The summed E-state index contributed by atoms with van der Waals surface area (Å²) in [7, 11) is 5.27. The molecule has 0 radical (unpaired) electrons. The summed E-state index contributed by atoms with van der Waals surface area (Å²) in [6.07, 6.45) is 0.847. The van der Waals surface area contributed by atoms with Crippen LogP contribution in [0, 0.1) is 10.1 Å². The lowest BCUT2D eigenvalue weighted by Gasteiger charge is -2.18. The van der Waals surface area contributed by atoms with Crippen molar-refractivity contribution < 1.29 is 23.9 Å². The van der Waals surface area contributed by atoms with E-state index in [0.29, 0.717) is 42.8 Å². The van der Waals surface area contributed by atoms with Gasteiger partial charge in [0.15, 0.2) is 23.0 Å². The van der Waals surface area contributed by atoms with E-state index in [-0.39, 0.29) is 5.69 Å². The van der Waals surface area contributed by atoms with Crippen LogP contribution in [0.1, 0.15) is 11.1 Å². The highest BCUT2D eigenvalue weighted by molar-refractivity contribution is 5.48. The fraction of sp³-hybridized carbons (Fsp3) is 0.308. The molecule has 0 aliphatic carbocycles. The van der Waals surface area contributed by atoms with Gasteiger partial charge in [0.2, 0.25) is 0 Å². The van der Waals surface area contributed by atoms with Crippen LogP contribution in [0.25, 0.3) is 0 Å². The first-order chi connectivity index (χ1) is 16.5. The summed E-state index contributed by atoms with van der Waals surface area (Å²) in [5.41, 5.74) is 2.08. The summed E-state index contributed by atoms with van der Waals surface area (Å²) in [6, 6.07) is 20.0. The molecule has 8 nitrogen and oxygen atoms in total. The topological polar surface area (TPSA) is 83.3 Å². The Labute approximate surface area is 199 Å². The van der Waals surface area contributed by atoms with E-state index in [1.54, 1.807) is 20.3 Å². The lowest BCUT2D eigenvalue weighted by Crippen LogP contribution is -2.26. The molecular formula is C26H30N2O6. The molecule has 0 N–H and O–H groups in total. The van der Waals surface area contributed by atoms with Gasteiger partial charge in [0.1, 0.15) is 13.2 Å². The smallest absolute Gasteiger partial charge is 0.273 e. The second-order valence-electron chi connectivity index (χ2n) is 7.75. The number of hydrogen-bond acceptors (Lipinski definition) is 7. The Morgan fingerprint density at radius 2 is 1.53 bits per heavy atom. The van der Waals surface area contributed by atoms with Crippen LogP contribution in [0.3, 0.4) is 0 Å². The molecule has 0 unspecified atom stereocenters. The molecule has 0 saturated carbocycles. The van der Waals surface area contributed by atoms with Crippen molar-refractivity contribution in [1.82, 2.24) is 4.90 Å². The van der Waals surface area contributed by atoms with Gasteiger partial charge in [-0.1, -0.05) is 36.4 Å². The molecule has 0 aliphatic heterocycles. The Morgan fingerprint density at radius 3 is 2.24 bits per heavy atom. The fourth-order valence-electron chi connectivity index (χ4n) is 3.36. The molecule has 0 bridgehead atoms. The van der Waals surface area contributed by atoms with Gasteiger partial charge in [-0.25, -0.2) is 0 Å². The van der Waals surface area contributed by atoms with Crippen LogP contribution in [0.15, 0.2) is 66.7 Å². The number of methoxy groups -OCH3 is 2. The predicted molar refractivity (Wildman–Crippen MR) is 130 cm³/mol. The third-order valence-electron chi connectivity index (χ3n) is 5.34. The summed E-state index contributed by atoms with van der Waals surface area (Å²) >= 11 is 0. The molecule has 0 heterocycles. The van der Waals surface area contributed by atoms with E-state index in [1.165, 1.54) is 12.1 Å². The second kappa shape index (κ2) is 12.5. The van der Waals surface area contributed by atoms with Gasteiger partial charge in [-0.2, -0.15) is 0 Å². The quantitative estimate of drug-likeness (QED) is 0.266. The number of nitro benzene ring substituents is 1. The number of non-ortho nitro benzene ring substituents is 1. The van der Waals surface area contributed by atoms with Crippen LogP contribution < -0.4 is 18.9 Å². The number of nitrogens with zero attached hydrogens (tertiary/aromatic N) is 2. The third kappa shape index (κ3) is 7.11. The van der Waals surface area contributed by atoms with Crippen LogP contribution in [0.5, 0.6) is 23.0 Å². The SMILES string of the molecule is COc1ccc(CCN(C)CCOc2ccc([N+](=O)[O-])cc2OCc2ccccc2)cc1OC. The fourth-order valence-corrected chi connectivity index (χ4v) is 3.36. The monoisotopic (exact) mass is 466 g/mol. The van der Waals surface area contributed by atoms with E-state index in [4.69, 9.17) is 18.9 Å². The predicted octanol–water partition coefficient (Wildman–Crippen LogP) is 4.74. The van der Waals surface area contributed by atoms with Gasteiger partial charge in [-0.05, 0) is 42.8 Å². The lowest BCUT2D eigenvalue weighted by atomic mass is 10.1. The van der Waals surface area contributed by atoms with Crippen molar-refractivity contribution in [3.05, 3.63) is 88.0 Å². The summed E-state index contributed by atoms with van der Waals surface area (Å²) < 4.78 is 22.4. The van der Waals surface area contributed by atoms with Crippen LogP contribution >= 0.6 is 0 Å². The first-order valence-electron chi connectivity index (χ1n) is 11.0. The molecule has 34 heavy (non-hydrogen) atoms. The van der Waals surface area contributed by atoms with Gasteiger partial charge in [0.25, 0.3) is 5.69 Å². The van der Waals surface area contributed by atoms with E-state index >= 15 is 0 Å². The van der Waals surface area contributed by atoms with Crippen LogP contribution in [0.2, 0.25) is 0 Å². The highest BCUT2D eigenvalue weighted by Gasteiger charge is 2.14. The number of nitro groups is 1. The van der Waals surface area contributed by atoms with Crippen molar-refractivity contribution in [3.63, 3.8) is 0 Å². The van der Waals surface area contributed by atoms with E-state index in [9.17, 15) is 10.1 Å². The molecule has 3 aromatic carbocycles. The standard InChI is InChI=1S/C26H30N2O6/c1-27(14-13-20-9-11-23(31-2)25(17-20)32-3)15-16-33-24-12-10-22(28(29)30)18-26(24)34-19-21-7-5-4-6-8-21/h4-12,17-18H,13-16,19H2,1-3H3. The van der Waals surface area contributed by atoms with Gasteiger partial charge >= 0.3 is 0 Å². The van der Waals surface area contributed by atoms with Crippen LogP contribution in [0.4, 0.5) is 5.69 Å². The highest BCUT2D eigenvalue weighted by atomic mass is 16.6. The van der Waals surface area contributed by atoms with Crippen LogP contribution in [-0.2, 0) is 13.0 Å². The van der Waals surface area contributed by atoms with Crippen molar-refractivity contribution in [3.8, 4) is 23.0 Å². The first-order valence-corrected chi connectivity index (χ1v) is 11.0. The zero-order valence-corrected chi connectivity index (χ0v) is 19.7. The Hall–Kier alpha value is -3.78. The molecule has 3 aromatic rings. The summed E-state index contributed by atoms with van der Waals surface area (Å²) in [5.74, 6) is 2.26. The molecular weight excluding hydrogens is 436 g/mol. The Kier molecular flexibility index (Phi) is 9.11. The number of likely N-dealkylation sites (N-methyl/N-ethyl adjacent to an activating group) is 1. The summed E-state index contributed by atoms with van der Waals surface area (Å²) in [6.45, 7) is 2.23. The number of rotatable bonds is 13. The number of hydrogen-bond donors (Lipinski definition) is 0. The summed E-state index contributed by atoms with van der Waals surface area (Å²) in [5, 5.41) is 11.2. The third-order valence-corrected chi connectivity index (χ3v) is 5.34. The Bertz CT molecular complexity index is 1070. The molecule has 3 rings (SSSR count). The maximum atomic E-state index is 11.2. The van der Waals surface area contributed by atoms with E-state index < -0.39 is 4.92 Å². The van der Waals surface area contributed by atoms with Crippen molar-refractivity contribution in [2.24, 2.45) is 0 Å². The van der Waals surface area contributed by atoms with Crippen molar-refractivity contribution in [2.45, 2.75) is 13.0 Å². The van der Waals surface area contributed by atoms with Gasteiger partial charge in [0.05, 0.1) is 25.2 Å². The molecule has 0 spiro atoms. The Balaban J connectivity index is 1.54. The molecule has 0 saturated heterocycles. The minimum Gasteiger partial charge on any atom is -0.493 e. The zero-order valence-electron chi connectivity index (χ0n) is 19.7. The van der Waals surface area contributed by atoms with Crippen molar-refractivity contribution in [1.29, 1.82) is 0 Å². The average Bonchev–Trinajstić information content (AvgIpc) is 2.87. The summed E-state index contributed by atoms with van der Waals surface area (Å²) in [4.78, 5) is 12.9. The van der Waals surface area contributed by atoms with E-state index in [1.807, 2.05) is 55.6 Å². The maximum absolute atomic E-state index is 11.2. The normalized spacial score (nSPS) is 10.7. The maximum Gasteiger partial charge on any atom is 0.273 e. The molecule has 8 heteroatoms. The second-order valence-corrected chi connectivity index (χ2v) is 7.75. The molecule has 0 aliphatic rings. The first kappa shape index (κ1) is 24.9. The van der Waals surface area contributed by atoms with Crippen LogP contribution in [-0.4, -0.2) is 50.8 Å². The molecule has 0 fully saturated rings. The van der Waals surface area contributed by atoms with E-state index in [0.717, 1.165) is 24.1 Å². The van der Waals surface area contributed by atoms with Gasteiger partial charge < -0.3 is 23.8 Å². The lowest BCUT2D eigenvalue weighted by molar-refractivity contribution is -0.385. The highest BCUT2D eigenvalue weighted by Crippen LogP contribution is 2.32. The van der Waals surface area contributed by atoms with Gasteiger partial charge in [-0.15, -0.1) is 0 Å². The van der Waals surface area contributed by atoms with Crippen molar-refractivity contribution in [2.75, 3.05) is 41.0 Å². The molecule has 0 aromatic heterocycles. The minimum absolute atomic E-state index is 0.0394. The molecule has 0 amide bonds.